The van der Waals surface area contributed by atoms with Gasteiger partial charge in [-0.3, -0.25) is 14.3 Å². The maximum Gasteiger partial charge on any atom is 0.573 e. The van der Waals surface area contributed by atoms with E-state index in [-0.39, 0.29) is 30.1 Å². The first-order valence-corrected chi connectivity index (χ1v) is 7.66. The smallest absolute Gasteiger partial charge is 0.479 e. The van der Waals surface area contributed by atoms with Crippen LogP contribution in [0.1, 0.15) is 15.9 Å². The molecule has 0 atom stereocenters. The van der Waals surface area contributed by atoms with E-state index in [0.717, 1.165) is 6.07 Å². The van der Waals surface area contributed by atoms with E-state index in [2.05, 4.69) is 20.5 Å². The lowest BCUT2D eigenvalue weighted by molar-refractivity contribution is -0.274. The quantitative estimate of drug-likeness (QED) is 0.750. The first-order chi connectivity index (χ1) is 12.7. The summed E-state index contributed by atoms with van der Waals surface area (Å²) in [4.78, 5) is 23.9. The summed E-state index contributed by atoms with van der Waals surface area (Å²) in [5.41, 5.74) is 0.292. The highest BCUT2D eigenvalue weighted by molar-refractivity contribution is 5.98. The Balaban J connectivity index is 1.89. The molecule has 11 heteroatoms. The van der Waals surface area contributed by atoms with Crippen LogP contribution in [0.3, 0.4) is 0 Å². The van der Waals surface area contributed by atoms with Crippen LogP contribution in [0.2, 0.25) is 0 Å². The van der Waals surface area contributed by atoms with E-state index in [1.54, 1.807) is 7.05 Å². The molecular formula is C16H17F3N4O4. The summed E-state index contributed by atoms with van der Waals surface area (Å²) in [6, 6.07) is 5.43. The first kappa shape index (κ1) is 20.1. The molecule has 1 aromatic heterocycles. The van der Waals surface area contributed by atoms with Crippen LogP contribution in [0, 0.1) is 0 Å². The van der Waals surface area contributed by atoms with E-state index in [1.807, 2.05) is 0 Å². The number of nitrogens with one attached hydrogen (secondary N) is 2. The molecule has 146 valence electrons. The second kappa shape index (κ2) is 8.43. The Morgan fingerprint density at radius 1 is 1.22 bits per heavy atom. The highest BCUT2D eigenvalue weighted by Crippen LogP contribution is 2.26. The third-order valence-electron chi connectivity index (χ3n) is 3.32. The van der Waals surface area contributed by atoms with Crippen LogP contribution in [0.15, 0.2) is 30.5 Å². The third-order valence-corrected chi connectivity index (χ3v) is 3.32. The molecule has 0 radical (unpaired) electrons. The van der Waals surface area contributed by atoms with Crippen molar-refractivity contribution in [3.63, 3.8) is 0 Å². The predicted octanol–water partition coefficient (Wildman–Crippen LogP) is 1.37. The van der Waals surface area contributed by atoms with E-state index in [4.69, 9.17) is 4.74 Å². The van der Waals surface area contributed by atoms with Crippen LogP contribution in [-0.2, 0) is 18.4 Å². The summed E-state index contributed by atoms with van der Waals surface area (Å²) in [6.45, 7) is -0.573. The van der Waals surface area contributed by atoms with Gasteiger partial charge >= 0.3 is 6.36 Å². The predicted molar refractivity (Wildman–Crippen MR) is 87.1 cm³/mol. The summed E-state index contributed by atoms with van der Waals surface area (Å²) in [6.07, 6.45) is -3.41. The molecule has 0 saturated heterocycles. The van der Waals surface area contributed by atoms with E-state index in [1.165, 1.54) is 36.2 Å². The largest absolute Gasteiger partial charge is 0.573 e. The second-order valence-corrected chi connectivity index (χ2v) is 5.34. The number of ether oxygens (including phenoxy) is 2. The molecule has 2 aromatic rings. The fourth-order valence-corrected chi connectivity index (χ4v) is 2.16. The SMILES string of the molecule is COc1nn(C)cc1C(=O)NCC(=O)NCc1ccccc1OC(F)(F)F. The van der Waals surface area contributed by atoms with Crippen molar-refractivity contribution >= 4 is 11.8 Å². The van der Waals surface area contributed by atoms with Crippen molar-refractivity contribution in [1.82, 2.24) is 20.4 Å². The Labute approximate surface area is 152 Å². The summed E-state index contributed by atoms with van der Waals surface area (Å²) < 4.78 is 47.4. The van der Waals surface area contributed by atoms with Gasteiger partial charge in [-0.05, 0) is 6.07 Å². The molecule has 1 aromatic carbocycles. The standard InChI is InChI=1S/C16H17F3N4O4/c1-23-9-11(15(22-23)26-2)14(25)21-8-13(24)20-7-10-5-3-4-6-12(10)27-16(17,18)19/h3-6,9H,7-8H2,1-2H3,(H,20,24)(H,21,25). The van der Waals surface area contributed by atoms with Gasteiger partial charge in [-0.15, -0.1) is 18.3 Å². The van der Waals surface area contributed by atoms with Gasteiger partial charge in [0.1, 0.15) is 11.3 Å². The lowest BCUT2D eigenvalue weighted by Crippen LogP contribution is -2.36. The Kier molecular flexibility index (Phi) is 6.27. The number of aryl methyl sites for hydroxylation is 1. The molecular weight excluding hydrogens is 369 g/mol. The van der Waals surface area contributed by atoms with Crippen LogP contribution in [0.4, 0.5) is 13.2 Å². The number of benzene rings is 1. The summed E-state index contributed by atoms with van der Waals surface area (Å²) in [5.74, 6) is -1.47. The van der Waals surface area contributed by atoms with Gasteiger partial charge < -0.3 is 20.1 Å². The lowest BCUT2D eigenvalue weighted by Gasteiger charge is -2.13. The number of para-hydroxylation sites is 1. The average Bonchev–Trinajstić information content (AvgIpc) is 2.98. The fourth-order valence-electron chi connectivity index (χ4n) is 2.16. The molecule has 27 heavy (non-hydrogen) atoms. The van der Waals surface area contributed by atoms with Crippen molar-refractivity contribution < 1.29 is 32.2 Å². The summed E-state index contributed by atoms with van der Waals surface area (Å²) >= 11 is 0. The highest BCUT2D eigenvalue weighted by Gasteiger charge is 2.32. The highest BCUT2D eigenvalue weighted by atomic mass is 19.4. The Morgan fingerprint density at radius 2 is 1.93 bits per heavy atom. The molecule has 0 unspecified atom stereocenters. The Bertz CT molecular complexity index is 820. The molecule has 0 aliphatic rings. The van der Waals surface area contributed by atoms with Crippen molar-refractivity contribution in [1.29, 1.82) is 0 Å². The van der Waals surface area contributed by atoms with Gasteiger partial charge in [-0.25, -0.2) is 0 Å². The monoisotopic (exact) mass is 386 g/mol. The minimum Gasteiger partial charge on any atom is -0.479 e. The number of nitrogens with zero attached hydrogens (tertiary/aromatic N) is 2. The zero-order valence-electron chi connectivity index (χ0n) is 14.5. The molecule has 0 bridgehead atoms. The van der Waals surface area contributed by atoms with Crippen molar-refractivity contribution in [2.75, 3.05) is 13.7 Å². The van der Waals surface area contributed by atoms with Gasteiger partial charge in [-0.2, -0.15) is 0 Å². The number of methoxy groups -OCH3 is 1. The number of hydrogen-bond acceptors (Lipinski definition) is 5. The molecule has 2 rings (SSSR count). The molecule has 0 fully saturated rings. The number of aromatic nitrogens is 2. The number of carbonyl (C=O) groups is 2. The first-order valence-electron chi connectivity index (χ1n) is 7.66. The fraction of sp³-hybridized carbons (Fsp3) is 0.312. The molecule has 1 heterocycles. The molecule has 2 amide bonds. The van der Waals surface area contributed by atoms with Crippen molar-refractivity contribution in [3.05, 3.63) is 41.6 Å². The number of carbonyl (C=O) groups excluding carboxylic acids is 2. The molecule has 0 aliphatic carbocycles. The summed E-state index contributed by atoms with van der Waals surface area (Å²) in [7, 11) is 2.96. The minimum atomic E-state index is -4.84. The maximum atomic E-state index is 12.4. The Morgan fingerprint density at radius 3 is 2.59 bits per heavy atom. The lowest BCUT2D eigenvalue weighted by atomic mass is 10.2. The Hall–Kier alpha value is -3.24. The number of hydrogen-bond donors (Lipinski definition) is 2. The zero-order valence-corrected chi connectivity index (χ0v) is 14.5. The van der Waals surface area contributed by atoms with Gasteiger partial charge in [0, 0.05) is 25.4 Å². The van der Waals surface area contributed by atoms with E-state index < -0.39 is 23.9 Å². The van der Waals surface area contributed by atoms with Gasteiger partial charge in [0.05, 0.1) is 13.7 Å². The zero-order chi connectivity index (χ0) is 20.0. The average molecular weight is 386 g/mol. The number of alkyl halides is 3. The van der Waals surface area contributed by atoms with Crippen molar-refractivity contribution in [3.8, 4) is 11.6 Å². The molecule has 8 nitrogen and oxygen atoms in total. The normalized spacial score (nSPS) is 11.0. The van der Waals surface area contributed by atoms with Crippen LogP contribution < -0.4 is 20.1 Å². The van der Waals surface area contributed by atoms with Crippen molar-refractivity contribution in [2.45, 2.75) is 12.9 Å². The van der Waals surface area contributed by atoms with Crippen LogP contribution in [-0.4, -0.2) is 41.6 Å². The molecule has 0 spiro atoms. The number of rotatable bonds is 7. The van der Waals surface area contributed by atoms with Crippen LogP contribution in [0.25, 0.3) is 0 Å². The number of amides is 2. The van der Waals surface area contributed by atoms with Crippen LogP contribution >= 0.6 is 0 Å². The van der Waals surface area contributed by atoms with Gasteiger partial charge in [-0.1, -0.05) is 18.2 Å². The molecule has 2 N–H and O–H groups in total. The topological polar surface area (TPSA) is 94.5 Å². The van der Waals surface area contributed by atoms with Crippen molar-refractivity contribution in [2.24, 2.45) is 7.05 Å². The minimum absolute atomic E-state index is 0.105. The van der Waals surface area contributed by atoms with Gasteiger partial charge in [0.2, 0.25) is 11.8 Å². The maximum absolute atomic E-state index is 12.4. The second-order valence-electron chi connectivity index (χ2n) is 5.34. The number of halogens is 3. The third kappa shape index (κ3) is 5.90. The van der Waals surface area contributed by atoms with Gasteiger partial charge in [0.15, 0.2) is 0 Å². The van der Waals surface area contributed by atoms with E-state index in [0.29, 0.717) is 0 Å². The molecule has 0 aliphatic heterocycles. The van der Waals surface area contributed by atoms with Crippen LogP contribution in [0.5, 0.6) is 11.6 Å². The molecule has 0 saturated carbocycles. The van der Waals surface area contributed by atoms with Gasteiger partial charge in [0.25, 0.3) is 5.91 Å². The van der Waals surface area contributed by atoms with E-state index in [9.17, 15) is 22.8 Å². The summed E-state index contributed by atoms with van der Waals surface area (Å²) in [5, 5.41) is 8.71. The van der Waals surface area contributed by atoms with E-state index >= 15 is 0 Å².